The van der Waals surface area contributed by atoms with E-state index >= 15 is 0 Å². The number of aliphatic hydroxyl groups is 1. The summed E-state index contributed by atoms with van der Waals surface area (Å²) in [5, 5.41) is 9.94. The van der Waals surface area contributed by atoms with Gasteiger partial charge in [0.15, 0.2) is 0 Å². The van der Waals surface area contributed by atoms with E-state index in [4.69, 9.17) is 0 Å². The maximum Gasteiger partial charge on any atom is 0.133 e. The predicted molar refractivity (Wildman–Crippen MR) is 69.2 cm³/mol. The minimum absolute atomic E-state index is 0.0372. The number of halogens is 5. The number of rotatable bonds is 2. The lowest BCUT2D eigenvalue weighted by atomic mass is 9.98. The van der Waals surface area contributed by atoms with Gasteiger partial charge in [-0.15, -0.1) is 0 Å². The van der Waals surface area contributed by atoms with Crippen LogP contribution in [0, 0.1) is 30.2 Å². The van der Waals surface area contributed by atoms with Crippen molar-refractivity contribution in [3.8, 4) is 0 Å². The van der Waals surface area contributed by atoms with Gasteiger partial charge in [0.25, 0.3) is 0 Å². The molecular formula is C14H9BrF4O. The van der Waals surface area contributed by atoms with Crippen LogP contribution in [-0.4, -0.2) is 5.11 Å². The van der Waals surface area contributed by atoms with Crippen LogP contribution in [0.1, 0.15) is 22.8 Å². The molecule has 6 heteroatoms. The van der Waals surface area contributed by atoms with Crippen LogP contribution in [0.15, 0.2) is 28.7 Å². The van der Waals surface area contributed by atoms with Crippen LogP contribution < -0.4 is 0 Å². The Bertz CT molecular complexity index is 649. The van der Waals surface area contributed by atoms with Gasteiger partial charge in [-0.3, -0.25) is 0 Å². The zero-order chi connectivity index (χ0) is 15.0. The summed E-state index contributed by atoms with van der Waals surface area (Å²) in [5.74, 6) is -3.80. The highest BCUT2D eigenvalue weighted by molar-refractivity contribution is 9.10. The number of aryl methyl sites for hydroxylation is 1. The first-order chi connectivity index (χ1) is 9.31. The largest absolute Gasteiger partial charge is 0.383 e. The molecule has 0 bridgehead atoms. The van der Waals surface area contributed by atoms with Gasteiger partial charge in [-0.05, 0) is 36.8 Å². The summed E-state index contributed by atoms with van der Waals surface area (Å²) in [6.45, 7) is 1.34. The van der Waals surface area contributed by atoms with Crippen LogP contribution in [0.4, 0.5) is 17.6 Å². The summed E-state index contributed by atoms with van der Waals surface area (Å²) in [5.41, 5.74) is -1.21. The van der Waals surface area contributed by atoms with Gasteiger partial charge in [-0.1, -0.05) is 15.9 Å². The lowest BCUT2D eigenvalue weighted by molar-refractivity contribution is 0.203. The smallest absolute Gasteiger partial charge is 0.133 e. The highest BCUT2D eigenvalue weighted by atomic mass is 79.9. The molecule has 2 aromatic rings. The van der Waals surface area contributed by atoms with Gasteiger partial charge in [0.05, 0.1) is 5.56 Å². The van der Waals surface area contributed by atoms with E-state index in [1.807, 2.05) is 0 Å². The molecule has 0 aliphatic heterocycles. The van der Waals surface area contributed by atoms with Crippen LogP contribution in [0.5, 0.6) is 0 Å². The molecule has 0 aliphatic carbocycles. The molecule has 20 heavy (non-hydrogen) atoms. The zero-order valence-electron chi connectivity index (χ0n) is 10.2. The van der Waals surface area contributed by atoms with Crippen molar-refractivity contribution in [2.45, 2.75) is 13.0 Å². The molecular weight excluding hydrogens is 340 g/mol. The van der Waals surface area contributed by atoms with Crippen molar-refractivity contribution in [1.29, 1.82) is 0 Å². The predicted octanol–water partition coefficient (Wildman–Crippen LogP) is 4.40. The van der Waals surface area contributed by atoms with Gasteiger partial charge >= 0.3 is 0 Å². The van der Waals surface area contributed by atoms with Gasteiger partial charge in [-0.25, -0.2) is 17.6 Å². The Morgan fingerprint density at radius 3 is 2.00 bits per heavy atom. The molecule has 0 saturated heterocycles. The van der Waals surface area contributed by atoms with Crippen molar-refractivity contribution >= 4 is 15.9 Å². The third-order valence-corrected chi connectivity index (χ3v) is 3.35. The molecule has 0 amide bonds. The Hall–Kier alpha value is -1.40. The standard InChI is InChI=1S/C14H9BrF4O/c1-6-2-10(17)8(5-9(6)16)14(20)13-11(18)3-7(15)4-12(13)19/h2-5,14,20H,1H3. The fourth-order valence-electron chi connectivity index (χ4n) is 1.84. The van der Waals surface area contributed by atoms with Crippen molar-refractivity contribution in [1.82, 2.24) is 0 Å². The fraction of sp³-hybridized carbons (Fsp3) is 0.143. The molecule has 0 aromatic heterocycles. The van der Waals surface area contributed by atoms with Gasteiger partial charge in [-0.2, -0.15) is 0 Å². The summed E-state index contributed by atoms with van der Waals surface area (Å²) < 4.78 is 54.7. The molecule has 1 atom stereocenters. The average Bonchev–Trinajstić information content (AvgIpc) is 2.32. The van der Waals surface area contributed by atoms with Crippen LogP contribution in [0.25, 0.3) is 0 Å². The quantitative estimate of drug-likeness (QED) is 0.797. The summed E-state index contributed by atoms with van der Waals surface area (Å²) in [6, 6.07) is 3.47. The Morgan fingerprint density at radius 2 is 1.45 bits per heavy atom. The highest BCUT2D eigenvalue weighted by Crippen LogP contribution is 2.31. The summed E-state index contributed by atoms with van der Waals surface area (Å²) in [7, 11) is 0. The fourth-order valence-corrected chi connectivity index (χ4v) is 2.24. The second kappa shape index (κ2) is 5.54. The first kappa shape index (κ1) is 15.0. The highest BCUT2D eigenvalue weighted by Gasteiger charge is 2.24. The summed E-state index contributed by atoms with van der Waals surface area (Å²) in [6.07, 6.45) is -1.93. The van der Waals surface area contributed by atoms with E-state index in [-0.39, 0.29) is 10.0 Å². The third kappa shape index (κ3) is 2.71. The Kier molecular flexibility index (Phi) is 4.15. The number of hydrogen-bond acceptors (Lipinski definition) is 1. The molecule has 0 radical (unpaired) electrons. The molecule has 106 valence electrons. The lowest BCUT2D eigenvalue weighted by Crippen LogP contribution is -2.09. The number of aliphatic hydroxyl groups excluding tert-OH is 1. The Balaban J connectivity index is 2.57. The van der Waals surface area contributed by atoms with E-state index < -0.39 is 40.5 Å². The average molecular weight is 349 g/mol. The molecule has 0 heterocycles. The molecule has 1 unspecified atom stereocenters. The molecule has 1 N–H and O–H groups in total. The molecule has 0 spiro atoms. The van der Waals surface area contributed by atoms with Crippen LogP contribution in [-0.2, 0) is 0 Å². The van der Waals surface area contributed by atoms with E-state index in [0.717, 1.165) is 24.3 Å². The SMILES string of the molecule is Cc1cc(F)c(C(O)c2c(F)cc(Br)cc2F)cc1F. The van der Waals surface area contributed by atoms with Crippen LogP contribution in [0.3, 0.4) is 0 Å². The minimum Gasteiger partial charge on any atom is -0.383 e. The van der Waals surface area contributed by atoms with Crippen molar-refractivity contribution in [3.63, 3.8) is 0 Å². The molecule has 2 rings (SSSR count). The van der Waals surface area contributed by atoms with Gasteiger partial charge in [0.2, 0.25) is 0 Å². The van der Waals surface area contributed by atoms with E-state index in [1.54, 1.807) is 0 Å². The Morgan fingerprint density at radius 1 is 0.900 bits per heavy atom. The van der Waals surface area contributed by atoms with Crippen LogP contribution >= 0.6 is 15.9 Å². The van der Waals surface area contributed by atoms with Gasteiger partial charge < -0.3 is 5.11 Å². The first-order valence-electron chi connectivity index (χ1n) is 5.59. The van der Waals surface area contributed by atoms with E-state index in [2.05, 4.69) is 15.9 Å². The van der Waals surface area contributed by atoms with Crippen molar-refractivity contribution in [2.75, 3.05) is 0 Å². The van der Waals surface area contributed by atoms with Gasteiger partial charge in [0, 0.05) is 10.0 Å². The monoisotopic (exact) mass is 348 g/mol. The maximum atomic E-state index is 13.7. The zero-order valence-corrected chi connectivity index (χ0v) is 11.8. The molecule has 1 nitrogen and oxygen atoms in total. The molecule has 2 aromatic carbocycles. The van der Waals surface area contributed by atoms with E-state index in [1.165, 1.54) is 6.92 Å². The number of hydrogen-bond donors (Lipinski definition) is 1. The maximum absolute atomic E-state index is 13.7. The summed E-state index contributed by atoms with van der Waals surface area (Å²) >= 11 is 2.89. The minimum atomic E-state index is -1.93. The topological polar surface area (TPSA) is 20.2 Å². The Labute approximate surface area is 121 Å². The first-order valence-corrected chi connectivity index (χ1v) is 6.38. The normalized spacial score (nSPS) is 12.6. The third-order valence-electron chi connectivity index (χ3n) is 2.89. The lowest BCUT2D eigenvalue weighted by Gasteiger charge is -2.15. The molecule has 0 aliphatic rings. The second-order valence-corrected chi connectivity index (χ2v) is 5.22. The molecule has 0 saturated carbocycles. The van der Waals surface area contributed by atoms with E-state index in [9.17, 15) is 22.7 Å². The summed E-state index contributed by atoms with van der Waals surface area (Å²) in [4.78, 5) is 0. The second-order valence-electron chi connectivity index (χ2n) is 4.31. The van der Waals surface area contributed by atoms with Crippen LogP contribution in [0.2, 0.25) is 0 Å². The van der Waals surface area contributed by atoms with Crippen molar-refractivity contribution in [2.24, 2.45) is 0 Å². The van der Waals surface area contributed by atoms with Crippen molar-refractivity contribution < 1.29 is 22.7 Å². The number of benzene rings is 2. The molecule has 0 fully saturated rings. The van der Waals surface area contributed by atoms with Crippen molar-refractivity contribution in [3.05, 3.63) is 68.7 Å². The van der Waals surface area contributed by atoms with E-state index in [0.29, 0.717) is 0 Å². The van der Waals surface area contributed by atoms with Gasteiger partial charge in [0.1, 0.15) is 29.4 Å².